The molecule has 1 amide bonds. The monoisotopic (exact) mass is 352 g/mol. The van der Waals surface area contributed by atoms with E-state index in [0.29, 0.717) is 23.8 Å². The summed E-state index contributed by atoms with van der Waals surface area (Å²) in [4.78, 5) is 23.1. The molecule has 0 fully saturated rings. The Balaban J connectivity index is 2.25. The van der Waals surface area contributed by atoms with Crippen molar-refractivity contribution in [2.45, 2.75) is 26.3 Å². The summed E-state index contributed by atoms with van der Waals surface area (Å²) in [5, 5.41) is 18.2. The molecular weight excluding hydrogens is 336 g/mol. The Kier molecular flexibility index (Phi) is 5.75. The molecule has 0 saturated heterocycles. The molecule has 0 radical (unpaired) electrons. The van der Waals surface area contributed by atoms with E-state index in [1.54, 1.807) is 13.0 Å². The maximum Gasteiger partial charge on any atom is 0.296 e. The second-order valence-electron chi connectivity index (χ2n) is 4.92. The molecule has 128 valence electrons. The minimum absolute atomic E-state index is 0.102. The molecule has 1 unspecified atom stereocenters. The fourth-order valence-corrected chi connectivity index (χ4v) is 2.36. The maximum atomic E-state index is 12.5. The first-order valence-corrected chi connectivity index (χ1v) is 7.75. The van der Waals surface area contributed by atoms with E-state index in [0.717, 1.165) is 0 Å². The van der Waals surface area contributed by atoms with Crippen LogP contribution in [0, 0.1) is 10.1 Å². The zero-order chi connectivity index (χ0) is 17.7. The summed E-state index contributed by atoms with van der Waals surface area (Å²) >= 11 is 5.82. The molecule has 0 aliphatic heterocycles. The van der Waals surface area contributed by atoms with Crippen LogP contribution in [-0.2, 0) is 4.79 Å². The number of carbonyl (C=O) groups excluding carboxylic acids is 1. The van der Waals surface area contributed by atoms with Crippen molar-refractivity contribution >= 4 is 28.9 Å². The number of amides is 1. The van der Waals surface area contributed by atoms with Crippen LogP contribution in [-0.4, -0.2) is 27.2 Å². The van der Waals surface area contributed by atoms with Crippen LogP contribution in [0.4, 0.5) is 11.4 Å². The Bertz CT molecular complexity index is 747. The summed E-state index contributed by atoms with van der Waals surface area (Å²) in [5.74, 6) is -0.0439. The Morgan fingerprint density at radius 3 is 2.79 bits per heavy atom. The number of nitrogens with one attached hydrogen (secondary N) is 1. The predicted molar refractivity (Wildman–Crippen MR) is 89.5 cm³/mol. The van der Waals surface area contributed by atoms with Crippen molar-refractivity contribution in [1.82, 2.24) is 9.78 Å². The molecule has 1 atom stereocenters. The van der Waals surface area contributed by atoms with Gasteiger partial charge in [-0.3, -0.25) is 19.6 Å². The number of nitro benzene ring substituents is 1. The van der Waals surface area contributed by atoms with E-state index in [4.69, 9.17) is 16.3 Å². The van der Waals surface area contributed by atoms with Crippen molar-refractivity contribution in [3.05, 3.63) is 45.7 Å². The molecule has 1 heterocycles. The number of hydrogen-bond donors (Lipinski definition) is 1. The number of anilines is 1. The van der Waals surface area contributed by atoms with Crippen LogP contribution in [0.1, 0.15) is 26.3 Å². The van der Waals surface area contributed by atoms with Crippen LogP contribution in [0.25, 0.3) is 0 Å². The lowest BCUT2D eigenvalue weighted by Crippen LogP contribution is -2.26. The van der Waals surface area contributed by atoms with Crippen molar-refractivity contribution in [3.63, 3.8) is 0 Å². The summed E-state index contributed by atoms with van der Waals surface area (Å²) in [6.07, 6.45) is 3.41. The van der Waals surface area contributed by atoms with Gasteiger partial charge in [0.05, 0.1) is 28.8 Å². The highest BCUT2D eigenvalue weighted by molar-refractivity contribution is 6.30. The minimum atomic E-state index is -0.622. The molecule has 2 aromatic rings. The van der Waals surface area contributed by atoms with Gasteiger partial charge in [0, 0.05) is 6.20 Å². The summed E-state index contributed by atoms with van der Waals surface area (Å²) in [7, 11) is 0. The van der Waals surface area contributed by atoms with Gasteiger partial charge in [0.1, 0.15) is 17.5 Å². The smallest absolute Gasteiger partial charge is 0.296 e. The van der Waals surface area contributed by atoms with E-state index < -0.39 is 16.9 Å². The fraction of sp³-hybridized carbons (Fsp3) is 0.333. The quantitative estimate of drug-likeness (QED) is 0.607. The van der Waals surface area contributed by atoms with Crippen LogP contribution in [0.2, 0.25) is 5.02 Å². The molecule has 0 aliphatic rings. The Morgan fingerprint density at radius 1 is 1.50 bits per heavy atom. The van der Waals surface area contributed by atoms with Gasteiger partial charge in [-0.05, 0) is 25.5 Å². The van der Waals surface area contributed by atoms with Gasteiger partial charge in [-0.1, -0.05) is 18.5 Å². The SMILES string of the molecule is CCOc1ccc(NC(=O)C(CC)n2cc(Cl)cn2)c([N+](=O)[O-])c1. The first kappa shape index (κ1) is 17.7. The molecule has 0 bridgehead atoms. The van der Waals surface area contributed by atoms with E-state index in [-0.39, 0.29) is 11.4 Å². The van der Waals surface area contributed by atoms with Crippen LogP contribution in [0.5, 0.6) is 5.75 Å². The standard InChI is InChI=1S/C15H17ClN4O4/c1-3-13(19-9-10(16)8-17-19)15(21)18-12-6-5-11(24-4-2)7-14(12)20(22)23/h5-9,13H,3-4H2,1-2H3,(H,18,21). The van der Waals surface area contributed by atoms with Crippen LogP contribution in [0.3, 0.4) is 0 Å². The topological polar surface area (TPSA) is 99.3 Å². The average molecular weight is 353 g/mol. The van der Waals surface area contributed by atoms with E-state index in [1.807, 2.05) is 6.92 Å². The summed E-state index contributed by atoms with van der Waals surface area (Å²) in [5.41, 5.74) is -0.132. The molecule has 0 saturated carbocycles. The third-order valence-corrected chi connectivity index (χ3v) is 3.51. The van der Waals surface area contributed by atoms with Crippen molar-refractivity contribution < 1.29 is 14.5 Å². The molecular formula is C15H17ClN4O4. The van der Waals surface area contributed by atoms with Gasteiger partial charge >= 0.3 is 0 Å². The first-order valence-electron chi connectivity index (χ1n) is 7.38. The van der Waals surface area contributed by atoms with Gasteiger partial charge < -0.3 is 10.1 Å². The van der Waals surface area contributed by atoms with Crippen LogP contribution >= 0.6 is 11.6 Å². The highest BCUT2D eigenvalue weighted by atomic mass is 35.5. The third-order valence-electron chi connectivity index (χ3n) is 3.31. The summed E-state index contributed by atoms with van der Waals surface area (Å²) in [6.45, 7) is 3.98. The average Bonchev–Trinajstić information content (AvgIpc) is 2.95. The number of halogens is 1. The van der Waals surface area contributed by atoms with E-state index in [1.165, 1.54) is 29.2 Å². The first-order chi connectivity index (χ1) is 11.5. The largest absolute Gasteiger partial charge is 0.494 e. The minimum Gasteiger partial charge on any atom is -0.494 e. The molecule has 8 nitrogen and oxygen atoms in total. The number of carbonyl (C=O) groups is 1. The Morgan fingerprint density at radius 2 is 2.25 bits per heavy atom. The fourth-order valence-electron chi connectivity index (χ4n) is 2.22. The zero-order valence-electron chi connectivity index (χ0n) is 13.2. The summed E-state index contributed by atoms with van der Waals surface area (Å²) in [6, 6.07) is 3.68. The molecule has 9 heteroatoms. The van der Waals surface area contributed by atoms with Gasteiger partial charge in [0.2, 0.25) is 5.91 Å². The van der Waals surface area contributed by atoms with Crippen LogP contribution < -0.4 is 10.1 Å². The molecule has 1 N–H and O–H groups in total. The predicted octanol–water partition coefficient (Wildman–Crippen LogP) is 3.43. The number of ether oxygens (including phenoxy) is 1. The normalized spacial score (nSPS) is 11.8. The molecule has 2 rings (SSSR count). The number of hydrogen-bond acceptors (Lipinski definition) is 5. The highest BCUT2D eigenvalue weighted by Crippen LogP contribution is 2.30. The van der Waals surface area contributed by atoms with Gasteiger partial charge in [-0.15, -0.1) is 0 Å². The number of nitrogens with zero attached hydrogens (tertiary/aromatic N) is 3. The van der Waals surface area contributed by atoms with Crippen LogP contribution in [0.15, 0.2) is 30.6 Å². The summed E-state index contributed by atoms with van der Waals surface area (Å²) < 4.78 is 6.68. The molecule has 0 spiro atoms. The zero-order valence-corrected chi connectivity index (χ0v) is 14.0. The molecule has 1 aromatic heterocycles. The van der Waals surface area contributed by atoms with Crippen molar-refractivity contribution in [1.29, 1.82) is 0 Å². The number of rotatable bonds is 7. The molecule has 24 heavy (non-hydrogen) atoms. The number of aromatic nitrogens is 2. The Labute approximate surface area is 143 Å². The van der Waals surface area contributed by atoms with Crippen molar-refractivity contribution in [2.24, 2.45) is 0 Å². The maximum absolute atomic E-state index is 12.5. The third kappa shape index (κ3) is 4.02. The number of benzene rings is 1. The van der Waals surface area contributed by atoms with Gasteiger partial charge in [0.15, 0.2) is 0 Å². The van der Waals surface area contributed by atoms with Crippen molar-refractivity contribution in [3.8, 4) is 5.75 Å². The van der Waals surface area contributed by atoms with E-state index in [9.17, 15) is 14.9 Å². The highest BCUT2D eigenvalue weighted by Gasteiger charge is 2.23. The van der Waals surface area contributed by atoms with Crippen molar-refractivity contribution in [2.75, 3.05) is 11.9 Å². The molecule has 0 aliphatic carbocycles. The lowest BCUT2D eigenvalue weighted by atomic mass is 10.2. The second kappa shape index (κ2) is 7.78. The number of nitro groups is 1. The van der Waals surface area contributed by atoms with E-state index in [2.05, 4.69) is 10.4 Å². The lowest BCUT2D eigenvalue weighted by molar-refractivity contribution is -0.384. The molecule has 1 aromatic carbocycles. The Hall–Kier alpha value is -2.61. The van der Waals surface area contributed by atoms with Gasteiger partial charge in [-0.25, -0.2) is 0 Å². The van der Waals surface area contributed by atoms with Gasteiger partial charge in [-0.2, -0.15) is 5.10 Å². The lowest BCUT2D eigenvalue weighted by Gasteiger charge is -2.15. The van der Waals surface area contributed by atoms with Gasteiger partial charge in [0.25, 0.3) is 5.69 Å². The second-order valence-corrected chi connectivity index (χ2v) is 5.36. The van der Waals surface area contributed by atoms with E-state index >= 15 is 0 Å².